The first-order chi connectivity index (χ1) is 10.5. The molecule has 1 fully saturated rings. The first-order valence-corrected chi connectivity index (χ1v) is 7.36. The van der Waals surface area contributed by atoms with Gasteiger partial charge in [0.15, 0.2) is 0 Å². The molecule has 0 spiro atoms. The van der Waals surface area contributed by atoms with Crippen LogP contribution in [0.2, 0.25) is 0 Å². The lowest BCUT2D eigenvalue weighted by atomic mass is 9.92. The minimum Gasteiger partial charge on any atom is -0.493 e. The highest BCUT2D eigenvalue weighted by Gasteiger charge is 2.41. The molecule has 0 saturated carbocycles. The van der Waals surface area contributed by atoms with Crippen LogP contribution in [0.15, 0.2) is 24.3 Å². The van der Waals surface area contributed by atoms with Crippen LogP contribution in [0, 0.1) is 6.92 Å². The van der Waals surface area contributed by atoms with E-state index >= 15 is 0 Å². The van der Waals surface area contributed by atoms with Gasteiger partial charge in [0.05, 0.1) is 31.8 Å². The van der Waals surface area contributed by atoms with Crippen LogP contribution in [-0.2, 0) is 14.3 Å². The predicted molar refractivity (Wildman–Crippen MR) is 81.4 cm³/mol. The molecule has 6 nitrogen and oxygen atoms in total. The van der Waals surface area contributed by atoms with Crippen LogP contribution in [0.5, 0.6) is 5.75 Å². The standard InChI is InChI=1S/C16H22N2O4/c1-12-5-2-3-6-13(12)22-8-4-7-15(20)18-16(9-14(17)19)10-21-11-16/h2-3,5-6H,4,7-11H2,1H3,(H2,17,19)(H,18,20). The Balaban J connectivity index is 1.70. The normalized spacial score (nSPS) is 15.7. The molecular weight excluding hydrogens is 284 g/mol. The monoisotopic (exact) mass is 306 g/mol. The van der Waals surface area contributed by atoms with Crippen LogP contribution in [0.4, 0.5) is 0 Å². The second-order valence-corrected chi connectivity index (χ2v) is 5.68. The quantitative estimate of drug-likeness (QED) is 0.699. The maximum Gasteiger partial charge on any atom is 0.220 e. The highest BCUT2D eigenvalue weighted by atomic mass is 16.5. The third kappa shape index (κ3) is 4.46. The number of carbonyl (C=O) groups excluding carboxylic acids is 2. The molecule has 0 unspecified atom stereocenters. The van der Waals surface area contributed by atoms with Gasteiger partial charge in [-0.15, -0.1) is 0 Å². The van der Waals surface area contributed by atoms with Gasteiger partial charge in [0.1, 0.15) is 5.75 Å². The molecule has 1 aliphatic rings. The molecule has 0 radical (unpaired) electrons. The van der Waals surface area contributed by atoms with Crippen molar-refractivity contribution in [3.63, 3.8) is 0 Å². The fourth-order valence-electron chi connectivity index (χ4n) is 2.39. The third-order valence-corrected chi connectivity index (χ3v) is 3.57. The fourth-order valence-corrected chi connectivity index (χ4v) is 2.39. The molecule has 1 saturated heterocycles. The molecule has 6 heteroatoms. The molecule has 2 rings (SSSR count). The van der Waals surface area contributed by atoms with Crippen molar-refractivity contribution in [3.05, 3.63) is 29.8 Å². The molecule has 0 aromatic heterocycles. The number of hydrogen-bond donors (Lipinski definition) is 2. The maximum atomic E-state index is 11.9. The van der Waals surface area contributed by atoms with E-state index in [1.165, 1.54) is 0 Å². The van der Waals surface area contributed by atoms with Gasteiger partial charge in [-0.2, -0.15) is 0 Å². The molecule has 1 aromatic carbocycles. The van der Waals surface area contributed by atoms with Crippen molar-refractivity contribution in [3.8, 4) is 5.75 Å². The van der Waals surface area contributed by atoms with E-state index in [2.05, 4.69) is 5.32 Å². The highest BCUT2D eigenvalue weighted by molar-refractivity contribution is 5.80. The van der Waals surface area contributed by atoms with E-state index in [0.717, 1.165) is 11.3 Å². The maximum absolute atomic E-state index is 11.9. The van der Waals surface area contributed by atoms with Crippen molar-refractivity contribution in [2.75, 3.05) is 19.8 Å². The average Bonchev–Trinajstić information content (AvgIpc) is 2.42. The minimum absolute atomic E-state index is 0.110. The van der Waals surface area contributed by atoms with Gasteiger partial charge < -0.3 is 20.5 Å². The molecule has 120 valence electrons. The van der Waals surface area contributed by atoms with Crippen molar-refractivity contribution in [1.82, 2.24) is 5.32 Å². The van der Waals surface area contributed by atoms with E-state index in [4.69, 9.17) is 15.2 Å². The van der Waals surface area contributed by atoms with Crippen molar-refractivity contribution in [2.24, 2.45) is 5.73 Å². The summed E-state index contributed by atoms with van der Waals surface area (Å²) in [5, 5.41) is 2.85. The van der Waals surface area contributed by atoms with Gasteiger partial charge >= 0.3 is 0 Å². The van der Waals surface area contributed by atoms with Gasteiger partial charge in [-0.3, -0.25) is 9.59 Å². The second-order valence-electron chi connectivity index (χ2n) is 5.68. The number of aryl methyl sites for hydroxylation is 1. The van der Waals surface area contributed by atoms with Crippen molar-refractivity contribution in [2.45, 2.75) is 31.7 Å². The number of hydrogen-bond acceptors (Lipinski definition) is 4. The van der Waals surface area contributed by atoms with Crippen molar-refractivity contribution >= 4 is 11.8 Å². The summed E-state index contributed by atoms with van der Waals surface area (Å²) >= 11 is 0. The number of amides is 2. The lowest BCUT2D eigenvalue weighted by molar-refractivity contribution is -0.138. The Labute approximate surface area is 130 Å². The number of para-hydroxylation sites is 1. The number of carbonyl (C=O) groups is 2. The first-order valence-electron chi connectivity index (χ1n) is 7.36. The van der Waals surface area contributed by atoms with E-state index in [9.17, 15) is 9.59 Å². The third-order valence-electron chi connectivity index (χ3n) is 3.57. The summed E-state index contributed by atoms with van der Waals surface area (Å²) in [6.07, 6.45) is 1.05. The van der Waals surface area contributed by atoms with Crippen LogP contribution in [0.1, 0.15) is 24.8 Å². The summed E-state index contributed by atoms with van der Waals surface area (Å²) in [7, 11) is 0. The molecular formula is C16H22N2O4. The molecule has 1 heterocycles. The van der Waals surface area contributed by atoms with Gasteiger partial charge in [0.2, 0.25) is 11.8 Å². The van der Waals surface area contributed by atoms with Crippen LogP contribution in [-0.4, -0.2) is 37.2 Å². The van der Waals surface area contributed by atoms with Crippen molar-refractivity contribution < 1.29 is 19.1 Å². The number of rotatable bonds is 8. The summed E-state index contributed by atoms with van der Waals surface area (Å²) in [6, 6.07) is 7.75. The van der Waals surface area contributed by atoms with Gasteiger partial charge in [0, 0.05) is 6.42 Å². The largest absolute Gasteiger partial charge is 0.493 e. The predicted octanol–water partition coefficient (Wildman–Crippen LogP) is 0.915. The Morgan fingerprint density at radius 2 is 2.09 bits per heavy atom. The molecule has 0 atom stereocenters. The molecule has 0 bridgehead atoms. The van der Waals surface area contributed by atoms with Gasteiger partial charge in [-0.05, 0) is 25.0 Å². The summed E-state index contributed by atoms with van der Waals surface area (Å²) in [5.41, 5.74) is 5.66. The summed E-state index contributed by atoms with van der Waals surface area (Å²) in [6.45, 7) is 3.12. The van der Waals surface area contributed by atoms with Crippen LogP contribution < -0.4 is 15.8 Å². The van der Waals surface area contributed by atoms with E-state index in [1.807, 2.05) is 31.2 Å². The van der Waals surface area contributed by atoms with E-state index in [0.29, 0.717) is 32.7 Å². The SMILES string of the molecule is Cc1ccccc1OCCCC(=O)NC1(CC(N)=O)COC1. The lowest BCUT2D eigenvalue weighted by Gasteiger charge is -2.41. The Kier molecular flexibility index (Phi) is 5.38. The van der Waals surface area contributed by atoms with E-state index < -0.39 is 11.4 Å². The van der Waals surface area contributed by atoms with Crippen LogP contribution in [0.3, 0.4) is 0 Å². The zero-order chi connectivity index (χ0) is 16.0. The zero-order valence-corrected chi connectivity index (χ0v) is 12.8. The smallest absolute Gasteiger partial charge is 0.220 e. The molecule has 3 N–H and O–H groups in total. The average molecular weight is 306 g/mol. The Morgan fingerprint density at radius 1 is 1.36 bits per heavy atom. The first kappa shape index (κ1) is 16.3. The minimum atomic E-state index is -0.611. The molecule has 0 aliphatic carbocycles. The second kappa shape index (κ2) is 7.26. The number of benzene rings is 1. The number of nitrogens with two attached hydrogens (primary N) is 1. The fraction of sp³-hybridized carbons (Fsp3) is 0.500. The zero-order valence-electron chi connectivity index (χ0n) is 12.8. The van der Waals surface area contributed by atoms with Crippen LogP contribution >= 0.6 is 0 Å². The van der Waals surface area contributed by atoms with Crippen LogP contribution in [0.25, 0.3) is 0 Å². The Hall–Kier alpha value is -2.08. The topological polar surface area (TPSA) is 90.6 Å². The highest BCUT2D eigenvalue weighted by Crippen LogP contribution is 2.21. The van der Waals surface area contributed by atoms with Crippen molar-refractivity contribution in [1.29, 1.82) is 0 Å². The lowest BCUT2D eigenvalue weighted by Crippen LogP contribution is -2.63. The molecule has 1 aromatic rings. The Bertz CT molecular complexity index is 541. The summed E-state index contributed by atoms with van der Waals surface area (Å²) < 4.78 is 10.7. The molecule has 2 amide bonds. The van der Waals surface area contributed by atoms with Gasteiger partial charge in [-0.1, -0.05) is 18.2 Å². The number of ether oxygens (including phenoxy) is 2. The number of primary amides is 1. The van der Waals surface area contributed by atoms with E-state index in [1.54, 1.807) is 0 Å². The van der Waals surface area contributed by atoms with Gasteiger partial charge in [-0.25, -0.2) is 0 Å². The summed E-state index contributed by atoms with van der Waals surface area (Å²) in [4.78, 5) is 23.0. The Morgan fingerprint density at radius 3 is 2.68 bits per heavy atom. The summed E-state index contributed by atoms with van der Waals surface area (Å²) in [5.74, 6) is 0.282. The van der Waals surface area contributed by atoms with E-state index in [-0.39, 0.29) is 12.3 Å². The molecule has 22 heavy (non-hydrogen) atoms. The molecule has 1 aliphatic heterocycles. The van der Waals surface area contributed by atoms with Gasteiger partial charge in [0.25, 0.3) is 0 Å². The number of nitrogens with one attached hydrogen (secondary N) is 1.